The molecule has 4 aromatic rings. The molecule has 0 fully saturated rings. The van der Waals surface area contributed by atoms with Crippen LogP contribution in [-0.2, 0) is 4.79 Å². The number of carbonyl (C=O) groups is 1. The molecule has 0 saturated heterocycles. The molecule has 0 unspecified atom stereocenters. The number of carbonyl (C=O) groups excluding carboxylic acids is 1. The number of nitrogens with one attached hydrogen (secondary N) is 1. The third kappa shape index (κ3) is 4.55. The Bertz CT molecular complexity index is 1150. The fourth-order valence-corrected chi connectivity index (χ4v) is 3.57. The summed E-state index contributed by atoms with van der Waals surface area (Å²) in [6.07, 6.45) is 0. The predicted octanol–water partition coefficient (Wildman–Crippen LogP) is 4.94. The molecule has 0 saturated carbocycles. The van der Waals surface area contributed by atoms with Crippen LogP contribution < -0.4 is 5.32 Å². The molecule has 0 spiro atoms. The monoisotopic (exact) mass is 422 g/mol. The molecule has 0 aliphatic heterocycles. The van der Waals surface area contributed by atoms with E-state index in [1.54, 1.807) is 41.0 Å². The zero-order valence-corrected chi connectivity index (χ0v) is 16.4. The zero-order chi connectivity index (χ0) is 20.9. The normalized spacial score (nSPS) is 10.7. The third-order valence-electron chi connectivity index (χ3n) is 4.21. The largest absolute Gasteiger partial charge is 0.325 e. The van der Waals surface area contributed by atoms with E-state index in [-0.39, 0.29) is 23.3 Å². The van der Waals surface area contributed by atoms with Crippen molar-refractivity contribution < 1.29 is 13.6 Å². The molecule has 0 aliphatic rings. The van der Waals surface area contributed by atoms with Gasteiger partial charge in [0.25, 0.3) is 0 Å². The standard InChI is InChI=1S/C22H16F2N4OS/c23-16-8-6-15(7-9-16)21-26-27-22(28(21)19-12-10-17(24)11-13-19)30-14-20(29)25-18-4-2-1-3-5-18/h1-13H,14H2,(H,25,29). The first kappa shape index (κ1) is 19.8. The summed E-state index contributed by atoms with van der Waals surface area (Å²) < 4.78 is 28.5. The molecule has 0 atom stereocenters. The van der Waals surface area contributed by atoms with Gasteiger partial charge in [0.1, 0.15) is 11.6 Å². The van der Waals surface area contributed by atoms with Crippen molar-refractivity contribution in [3.8, 4) is 17.1 Å². The zero-order valence-electron chi connectivity index (χ0n) is 15.6. The Morgan fingerprint density at radius 1 is 0.867 bits per heavy atom. The average molecular weight is 422 g/mol. The van der Waals surface area contributed by atoms with E-state index in [0.29, 0.717) is 27.9 Å². The van der Waals surface area contributed by atoms with Gasteiger partial charge in [0, 0.05) is 16.9 Å². The number of anilines is 1. The summed E-state index contributed by atoms with van der Waals surface area (Å²) in [4.78, 5) is 12.3. The van der Waals surface area contributed by atoms with E-state index in [4.69, 9.17) is 0 Å². The maximum absolute atomic E-state index is 13.4. The van der Waals surface area contributed by atoms with Gasteiger partial charge in [0.15, 0.2) is 11.0 Å². The lowest BCUT2D eigenvalue weighted by Crippen LogP contribution is -2.14. The van der Waals surface area contributed by atoms with Gasteiger partial charge in [0.2, 0.25) is 5.91 Å². The van der Waals surface area contributed by atoms with Crippen molar-refractivity contribution >= 4 is 23.4 Å². The van der Waals surface area contributed by atoms with Crippen molar-refractivity contribution in [3.63, 3.8) is 0 Å². The van der Waals surface area contributed by atoms with Crippen LogP contribution in [0.2, 0.25) is 0 Å². The molecular weight excluding hydrogens is 406 g/mol. The molecule has 0 bridgehead atoms. The Hall–Kier alpha value is -3.52. The van der Waals surface area contributed by atoms with Crippen LogP contribution in [-0.4, -0.2) is 26.4 Å². The third-order valence-corrected chi connectivity index (χ3v) is 5.14. The highest BCUT2D eigenvalue weighted by Gasteiger charge is 2.17. The van der Waals surface area contributed by atoms with Gasteiger partial charge >= 0.3 is 0 Å². The van der Waals surface area contributed by atoms with Crippen LogP contribution in [0.3, 0.4) is 0 Å². The minimum atomic E-state index is -0.369. The van der Waals surface area contributed by atoms with Crippen molar-refractivity contribution in [3.05, 3.63) is 90.5 Å². The van der Waals surface area contributed by atoms with Gasteiger partial charge in [-0.15, -0.1) is 10.2 Å². The first-order valence-corrected chi connectivity index (χ1v) is 10.0. The van der Waals surface area contributed by atoms with E-state index in [1.165, 1.54) is 36.0 Å². The van der Waals surface area contributed by atoms with Gasteiger partial charge < -0.3 is 5.32 Å². The summed E-state index contributed by atoms with van der Waals surface area (Å²) in [5.41, 5.74) is 1.98. The highest BCUT2D eigenvalue weighted by Crippen LogP contribution is 2.28. The van der Waals surface area contributed by atoms with E-state index < -0.39 is 0 Å². The average Bonchev–Trinajstić information content (AvgIpc) is 3.18. The second-order valence-corrected chi connectivity index (χ2v) is 7.27. The number of para-hydroxylation sites is 1. The second-order valence-electron chi connectivity index (χ2n) is 6.33. The summed E-state index contributed by atoms with van der Waals surface area (Å²) in [7, 11) is 0. The van der Waals surface area contributed by atoms with Crippen LogP contribution in [0.4, 0.5) is 14.5 Å². The van der Waals surface area contributed by atoms with Crippen LogP contribution >= 0.6 is 11.8 Å². The van der Waals surface area contributed by atoms with Crippen molar-refractivity contribution in [2.75, 3.05) is 11.1 Å². The number of halogens is 2. The predicted molar refractivity (Wildman–Crippen MR) is 113 cm³/mol. The summed E-state index contributed by atoms with van der Waals surface area (Å²) in [6.45, 7) is 0. The molecule has 1 aromatic heterocycles. The molecule has 150 valence electrons. The van der Waals surface area contributed by atoms with Gasteiger partial charge in [-0.1, -0.05) is 30.0 Å². The molecule has 3 aromatic carbocycles. The smallest absolute Gasteiger partial charge is 0.234 e. The Kier molecular flexibility index (Phi) is 5.85. The van der Waals surface area contributed by atoms with E-state index in [0.717, 1.165) is 0 Å². The molecule has 0 radical (unpaired) electrons. The van der Waals surface area contributed by atoms with Crippen molar-refractivity contribution in [2.24, 2.45) is 0 Å². The van der Waals surface area contributed by atoms with Gasteiger partial charge in [-0.3, -0.25) is 9.36 Å². The maximum atomic E-state index is 13.4. The van der Waals surface area contributed by atoms with Crippen LogP contribution in [0.5, 0.6) is 0 Å². The number of thioether (sulfide) groups is 1. The topological polar surface area (TPSA) is 59.8 Å². The van der Waals surface area contributed by atoms with Crippen LogP contribution in [0.25, 0.3) is 17.1 Å². The molecule has 1 N–H and O–H groups in total. The number of aromatic nitrogens is 3. The summed E-state index contributed by atoms with van der Waals surface area (Å²) in [5.74, 6) is -0.349. The molecule has 1 heterocycles. The molecule has 8 heteroatoms. The number of amides is 1. The Balaban J connectivity index is 1.61. The van der Waals surface area contributed by atoms with E-state index >= 15 is 0 Å². The van der Waals surface area contributed by atoms with Crippen LogP contribution in [0.15, 0.2) is 84.0 Å². The molecule has 1 amide bonds. The number of benzene rings is 3. The second kappa shape index (κ2) is 8.87. The summed E-state index contributed by atoms with van der Waals surface area (Å²) in [6, 6.07) is 20.9. The number of nitrogens with zero attached hydrogens (tertiary/aromatic N) is 3. The van der Waals surface area contributed by atoms with Crippen LogP contribution in [0.1, 0.15) is 0 Å². The van der Waals surface area contributed by atoms with Gasteiger partial charge in [0.05, 0.1) is 5.75 Å². The fourth-order valence-electron chi connectivity index (χ4n) is 2.82. The minimum absolute atomic E-state index is 0.109. The van der Waals surface area contributed by atoms with E-state index in [2.05, 4.69) is 15.5 Å². The maximum Gasteiger partial charge on any atom is 0.234 e. The number of rotatable bonds is 6. The highest BCUT2D eigenvalue weighted by atomic mass is 32.2. The van der Waals surface area contributed by atoms with Crippen molar-refractivity contribution in [1.82, 2.24) is 14.8 Å². The molecular formula is C22H16F2N4OS. The van der Waals surface area contributed by atoms with Crippen LogP contribution in [0, 0.1) is 11.6 Å². The summed E-state index contributed by atoms with van der Waals surface area (Å²) in [5, 5.41) is 11.7. The lowest BCUT2D eigenvalue weighted by molar-refractivity contribution is -0.113. The van der Waals surface area contributed by atoms with Gasteiger partial charge in [-0.2, -0.15) is 0 Å². The van der Waals surface area contributed by atoms with E-state index in [9.17, 15) is 13.6 Å². The SMILES string of the molecule is O=C(CSc1nnc(-c2ccc(F)cc2)n1-c1ccc(F)cc1)Nc1ccccc1. The lowest BCUT2D eigenvalue weighted by atomic mass is 10.2. The van der Waals surface area contributed by atoms with E-state index in [1.807, 2.05) is 18.2 Å². The molecule has 30 heavy (non-hydrogen) atoms. The number of hydrogen-bond donors (Lipinski definition) is 1. The lowest BCUT2D eigenvalue weighted by Gasteiger charge is -2.10. The molecule has 4 rings (SSSR count). The summed E-state index contributed by atoms with van der Waals surface area (Å²) >= 11 is 1.20. The Morgan fingerprint density at radius 3 is 2.17 bits per heavy atom. The minimum Gasteiger partial charge on any atom is -0.325 e. The van der Waals surface area contributed by atoms with Crippen molar-refractivity contribution in [1.29, 1.82) is 0 Å². The highest BCUT2D eigenvalue weighted by molar-refractivity contribution is 7.99. The first-order chi connectivity index (χ1) is 14.6. The fraction of sp³-hybridized carbons (Fsp3) is 0.0455. The Labute approximate surface area is 175 Å². The quantitative estimate of drug-likeness (QED) is 0.447. The molecule has 0 aliphatic carbocycles. The van der Waals surface area contributed by atoms with Gasteiger partial charge in [-0.25, -0.2) is 8.78 Å². The first-order valence-electron chi connectivity index (χ1n) is 9.05. The van der Waals surface area contributed by atoms with Crippen molar-refractivity contribution in [2.45, 2.75) is 5.16 Å². The molecule has 5 nitrogen and oxygen atoms in total. The van der Waals surface area contributed by atoms with Gasteiger partial charge in [-0.05, 0) is 60.7 Å². The number of hydrogen-bond acceptors (Lipinski definition) is 4. The Morgan fingerprint density at radius 2 is 1.50 bits per heavy atom.